The van der Waals surface area contributed by atoms with Crippen molar-refractivity contribution in [2.24, 2.45) is 5.92 Å². The van der Waals surface area contributed by atoms with Crippen LogP contribution in [0.15, 0.2) is 34.7 Å². The molecule has 1 heterocycles. The van der Waals surface area contributed by atoms with Crippen molar-refractivity contribution in [3.63, 3.8) is 0 Å². The van der Waals surface area contributed by atoms with Crippen molar-refractivity contribution in [1.82, 2.24) is 0 Å². The van der Waals surface area contributed by atoms with Gasteiger partial charge in [0.2, 0.25) is 0 Å². The van der Waals surface area contributed by atoms with Gasteiger partial charge in [-0.05, 0) is 42.2 Å². The number of aliphatic hydroxyl groups is 1. The van der Waals surface area contributed by atoms with Crippen LogP contribution in [-0.2, 0) is 6.42 Å². The van der Waals surface area contributed by atoms with Gasteiger partial charge in [-0.2, -0.15) is 0 Å². The van der Waals surface area contributed by atoms with Gasteiger partial charge >= 0.3 is 0 Å². The smallest absolute Gasteiger partial charge is 0.133 e. The molecule has 0 saturated heterocycles. The Bertz CT molecular complexity index is 600. The Morgan fingerprint density at radius 3 is 2.50 bits per heavy atom. The number of halogens is 2. The summed E-state index contributed by atoms with van der Waals surface area (Å²) < 4.78 is 5.76. The van der Waals surface area contributed by atoms with E-state index in [1.54, 1.807) is 18.2 Å². The third-order valence-electron chi connectivity index (χ3n) is 3.91. The van der Waals surface area contributed by atoms with Crippen LogP contribution in [0.25, 0.3) is 0 Å². The van der Waals surface area contributed by atoms with Crippen LogP contribution >= 0.6 is 23.2 Å². The van der Waals surface area contributed by atoms with Gasteiger partial charge in [-0.15, -0.1) is 0 Å². The summed E-state index contributed by atoms with van der Waals surface area (Å²) in [7, 11) is 0. The van der Waals surface area contributed by atoms with Crippen molar-refractivity contribution in [1.29, 1.82) is 0 Å². The first-order valence-corrected chi connectivity index (χ1v) is 7.52. The summed E-state index contributed by atoms with van der Waals surface area (Å²) in [5, 5.41) is 11.4. The molecule has 1 aromatic heterocycles. The zero-order valence-electron chi connectivity index (χ0n) is 11.1. The van der Waals surface area contributed by atoms with Gasteiger partial charge in [-0.3, -0.25) is 0 Å². The van der Waals surface area contributed by atoms with Crippen molar-refractivity contribution >= 4 is 23.2 Å². The average molecular weight is 311 g/mol. The first-order valence-electron chi connectivity index (χ1n) is 6.77. The molecule has 0 amide bonds. The van der Waals surface area contributed by atoms with Crippen molar-refractivity contribution < 1.29 is 9.52 Å². The molecule has 1 saturated carbocycles. The molecular weight excluding hydrogens is 295 g/mol. The molecule has 2 nitrogen and oxygen atoms in total. The third kappa shape index (κ3) is 2.73. The van der Waals surface area contributed by atoms with Gasteiger partial charge in [0.05, 0.1) is 0 Å². The summed E-state index contributed by atoms with van der Waals surface area (Å²) in [6.45, 7) is 2.20. The normalized spacial score (nSPS) is 22.8. The van der Waals surface area contributed by atoms with Crippen LogP contribution in [-0.4, -0.2) is 5.11 Å². The quantitative estimate of drug-likeness (QED) is 0.863. The molecule has 0 radical (unpaired) electrons. The second kappa shape index (κ2) is 5.44. The summed E-state index contributed by atoms with van der Waals surface area (Å²) in [6, 6.07) is 9.14. The molecular formula is C16H16Cl2O2. The lowest BCUT2D eigenvalue weighted by atomic mass is 10.1. The van der Waals surface area contributed by atoms with Crippen molar-refractivity contribution in [2.45, 2.75) is 31.8 Å². The highest BCUT2D eigenvalue weighted by molar-refractivity contribution is 6.35. The van der Waals surface area contributed by atoms with Crippen molar-refractivity contribution in [2.75, 3.05) is 0 Å². The van der Waals surface area contributed by atoms with Crippen LogP contribution in [0.5, 0.6) is 0 Å². The molecule has 3 rings (SSSR count). The largest absolute Gasteiger partial charge is 0.463 e. The summed E-state index contributed by atoms with van der Waals surface area (Å²) >= 11 is 12.2. The van der Waals surface area contributed by atoms with E-state index in [1.807, 2.05) is 12.1 Å². The van der Waals surface area contributed by atoms with Crippen molar-refractivity contribution in [3.05, 3.63) is 57.5 Å². The van der Waals surface area contributed by atoms with E-state index in [9.17, 15) is 5.11 Å². The van der Waals surface area contributed by atoms with E-state index in [-0.39, 0.29) is 0 Å². The van der Waals surface area contributed by atoms with Crippen LogP contribution < -0.4 is 0 Å². The first-order chi connectivity index (χ1) is 9.56. The zero-order valence-corrected chi connectivity index (χ0v) is 12.7. The van der Waals surface area contributed by atoms with E-state index >= 15 is 0 Å². The highest BCUT2D eigenvalue weighted by Crippen LogP contribution is 2.47. The van der Waals surface area contributed by atoms with E-state index < -0.39 is 6.10 Å². The third-order valence-corrected chi connectivity index (χ3v) is 4.62. The molecule has 20 heavy (non-hydrogen) atoms. The Morgan fingerprint density at radius 1 is 1.25 bits per heavy atom. The van der Waals surface area contributed by atoms with E-state index in [1.165, 1.54) is 6.42 Å². The second-order valence-electron chi connectivity index (χ2n) is 5.48. The van der Waals surface area contributed by atoms with Gasteiger partial charge in [0.1, 0.15) is 17.6 Å². The van der Waals surface area contributed by atoms with E-state index in [0.29, 0.717) is 34.1 Å². The minimum absolute atomic E-state index is 0.353. The number of hydrogen-bond acceptors (Lipinski definition) is 2. The minimum atomic E-state index is -0.727. The molecule has 106 valence electrons. The SMILES string of the molecule is CC1CC1c1ccc(C(O)Cc2c(Cl)cccc2Cl)o1. The predicted molar refractivity (Wildman–Crippen MR) is 80.4 cm³/mol. The van der Waals surface area contributed by atoms with Crippen LogP contribution in [0.2, 0.25) is 10.0 Å². The maximum Gasteiger partial charge on any atom is 0.133 e. The Labute approximate surface area is 128 Å². The minimum Gasteiger partial charge on any atom is -0.463 e. The monoisotopic (exact) mass is 310 g/mol. The maximum absolute atomic E-state index is 10.3. The van der Waals surface area contributed by atoms with E-state index in [2.05, 4.69) is 6.92 Å². The van der Waals surface area contributed by atoms with Crippen LogP contribution in [0.4, 0.5) is 0 Å². The van der Waals surface area contributed by atoms with Crippen LogP contribution in [0, 0.1) is 5.92 Å². The first kappa shape index (κ1) is 14.0. The zero-order chi connectivity index (χ0) is 14.3. The van der Waals surface area contributed by atoms with Crippen molar-refractivity contribution in [3.8, 4) is 0 Å². The molecule has 0 bridgehead atoms. The summed E-state index contributed by atoms with van der Waals surface area (Å²) in [6.07, 6.45) is 0.792. The van der Waals surface area contributed by atoms with Gasteiger partial charge in [0.25, 0.3) is 0 Å². The number of hydrogen-bond donors (Lipinski definition) is 1. The molecule has 3 unspecified atom stereocenters. The fraction of sp³-hybridized carbons (Fsp3) is 0.375. The Morgan fingerprint density at radius 2 is 1.90 bits per heavy atom. The topological polar surface area (TPSA) is 33.4 Å². The van der Waals surface area contributed by atoms with Gasteiger partial charge in [-0.25, -0.2) is 0 Å². The van der Waals surface area contributed by atoms with Gasteiger partial charge in [0.15, 0.2) is 0 Å². The Balaban J connectivity index is 1.76. The van der Waals surface area contributed by atoms with E-state index in [4.69, 9.17) is 27.6 Å². The van der Waals surface area contributed by atoms with Crippen LogP contribution in [0.1, 0.15) is 42.5 Å². The lowest BCUT2D eigenvalue weighted by Crippen LogP contribution is -2.01. The highest BCUT2D eigenvalue weighted by atomic mass is 35.5. The summed E-state index contributed by atoms with van der Waals surface area (Å²) in [5.74, 6) is 2.75. The number of rotatable bonds is 4. The molecule has 1 fully saturated rings. The lowest BCUT2D eigenvalue weighted by molar-refractivity contribution is 0.148. The van der Waals surface area contributed by atoms with Gasteiger partial charge in [-0.1, -0.05) is 36.2 Å². The summed E-state index contributed by atoms with van der Waals surface area (Å²) in [4.78, 5) is 0. The molecule has 0 spiro atoms. The highest BCUT2D eigenvalue weighted by Gasteiger charge is 2.36. The Hall–Kier alpha value is -0.960. The molecule has 1 aliphatic carbocycles. The van der Waals surface area contributed by atoms with Gasteiger partial charge < -0.3 is 9.52 Å². The summed E-state index contributed by atoms with van der Waals surface area (Å²) in [5.41, 5.74) is 0.751. The maximum atomic E-state index is 10.3. The predicted octanol–water partition coefficient (Wildman–Crippen LogP) is 4.99. The molecule has 1 aromatic carbocycles. The fourth-order valence-electron chi connectivity index (χ4n) is 2.49. The second-order valence-corrected chi connectivity index (χ2v) is 6.29. The number of aliphatic hydroxyl groups excluding tert-OH is 1. The van der Waals surface area contributed by atoms with Crippen LogP contribution in [0.3, 0.4) is 0 Å². The fourth-order valence-corrected chi connectivity index (χ4v) is 3.04. The molecule has 3 atom stereocenters. The number of furan rings is 1. The molecule has 2 aromatic rings. The molecule has 1 N–H and O–H groups in total. The Kier molecular flexibility index (Phi) is 3.80. The molecule has 0 aliphatic heterocycles. The average Bonchev–Trinajstić information content (AvgIpc) is 2.95. The van der Waals surface area contributed by atoms with E-state index in [0.717, 1.165) is 11.3 Å². The standard InChI is InChI=1S/C16H16Cl2O2/c1-9-7-10(9)15-5-6-16(20-15)14(19)8-11-12(17)3-2-4-13(11)18/h2-6,9-10,14,19H,7-8H2,1H3. The number of benzene rings is 1. The molecule has 4 heteroatoms. The van der Waals surface area contributed by atoms with Gasteiger partial charge in [0, 0.05) is 22.4 Å². The molecule has 1 aliphatic rings. The lowest BCUT2D eigenvalue weighted by Gasteiger charge is -2.11.